The van der Waals surface area contributed by atoms with Crippen LogP contribution in [0.1, 0.15) is 22.5 Å². The number of hydrogen-bond donors (Lipinski definition) is 2. The average molecular weight is 405 g/mol. The van der Waals surface area contributed by atoms with E-state index in [1.807, 2.05) is 12.1 Å². The van der Waals surface area contributed by atoms with Crippen LogP contribution in [0, 0.1) is 12.7 Å². The Morgan fingerprint density at radius 1 is 1.30 bits per heavy atom. The van der Waals surface area contributed by atoms with Crippen molar-refractivity contribution < 1.29 is 9.18 Å². The SMILES string of the molecule is Cc1cn2cc(NC(=O)c3ccc(N4CC[C@H](N)C4)c4ccnnc34)cc(F)c2n1. The zero-order chi connectivity index (χ0) is 20.8. The van der Waals surface area contributed by atoms with Gasteiger partial charge in [0.1, 0.15) is 5.52 Å². The molecule has 3 aromatic heterocycles. The molecule has 1 atom stereocenters. The minimum absolute atomic E-state index is 0.134. The summed E-state index contributed by atoms with van der Waals surface area (Å²) in [4.78, 5) is 19.3. The normalized spacial score (nSPS) is 16.5. The first kappa shape index (κ1) is 18.4. The van der Waals surface area contributed by atoms with E-state index < -0.39 is 5.82 Å². The summed E-state index contributed by atoms with van der Waals surface area (Å²) >= 11 is 0. The summed E-state index contributed by atoms with van der Waals surface area (Å²) in [6.45, 7) is 3.39. The predicted octanol–water partition coefficient (Wildman–Crippen LogP) is 2.51. The molecular formula is C21H20FN7O. The van der Waals surface area contributed by atoms with Crippen molar-refractivity contribution in [2.24, 2.45) is 5.73 Å². The van der Waals surface area contributed by atoms with Crippen LogP contribution in [0.2, 0.25) is 0 Å². The predicted molar refractivity (Wildman–Crippen MR) is 112 cm³/mol. The first-order valence-corrected chi connectivity index (χ1v) is 9.71. The van der Waals surface area contributed by atoms with Gasteiger partial charge in [0, 0.05) is 48.7 Å². The Balaban J connectivity index is 1.51. The minimum Gasteiger partial charge on any atom is -0.369 e. The van der Waals surface area contributed by atoms with E-state index >= 15 is 0 Å². The molecule has 1 aliphatic rings. The molecule has 0 spiro atoms. The number of carbonyl (C=O) groups excluding carboxylic acids is 1. The number of pyridine rings is 1. The molecule has 8 nitrogen and oxygen atoms in total. The van der Waals surface area contributed by atoms with Gasteiger partial charge in [-0.25, -0.2) is 9.37 Å². The van der Waals surface area contributed by atoms with Crippen LogP contribution in [0.25, 0.3) is 16.6 Å². The van der Waals surface area contributed by atoms with Gasteiger partial charge in [0.15, 0.2) is 11.5 Å². The second kappa shape index (κ2) is 7.03. The molecule has 4 aromatic rings. The lowest BCUT2D eigenvalue weighted by Gasteiger charge is -2.20. The van der Waals surface area contributed by atoms with Crippen molar-refractivity contribution in [3.8, 4) is 0 Å². The minimum atomic E-state index is -0.508. The number of benzene rings is 1. The van der Waals surface area contributed by atoms with Crippen molar-refractivity contribution in [1.82, 2.24) is 19.6 Å². The number of rotatable bonds is 3. The van der Waals surface area contributed by atoms with E-state index in [-0.39, 0.29) is 17.6 Å². The zero-order valence-corrected chi connectivity index (χ0v) is 16.3. The molecule has 0 saturated carbocycles. The van der Waals surface area contributed by atoms with Crippen LogP contribution in [0.3, 0.4) is 0 Å². The lowest BCUT2D eigenvalue weighted by Crippen LogP contribution is -2.26. The highest BCUT2D eigenvalue weighted by molar-refractivity contribution is 6.13. The van der Waals surface area contributed by atoms with Gasteiger partial charge in [-0.1, -0.05) is 0 Å². The highest BCUT2D eigenvalue weighted by Crippen LogP contribution is 2.30. The smallest absolute Gasteiger partial charge is 0.257 e. The number of anilines is 2. The molecule has 1 amide bonds. The highest BCUT2D eigenvalue weighted by atomic mass is 19.1. The molecule has 0 bridgehead atoms. The number of carbonyl (C=O) groups is 1. The van der Waals surface area contributed by atoms with Crippen LogP contribution in [-0.2, 0) is 0 Å². The van der Waals surface area contributed by atoms with E-state index in [4.69, 9.17) is 5.73 Å². The first-order chi connectivity index (χ1) is 14.5. The van der Waals surface area contributed by atoms with Crippen LogP contribution in [0.5, 0.6) is 0 Å². The van der Waals surface area contributed by atoms with Gasteiger partial charge in [-0.15, -0.1) is 5.10 Å². The summed E-state index contributed by atoms with van der Waals surface area (Å²) < 4.78 is 15.9. The van der Waals surface area contributed by atoms with Gasteiger partial charge in [-0.2, -0.15) is 5.10 Å². The van der Waals surface area contributed by atoms with Crippen molar-refractivity contribution in [2.45, 2.75) is 19.4 Å². The second-order valence-electron chi connectivity index (χ2n) is 7.56. The lowest BCUT2D eigenvalue weighted by molar-refractivity contribution is 0.102. The van der Waals surface area contributed by atoms with Gasteiger partial charge in [-0.05, 0) is 31.5 Å². The Kier molecular flexibility index (Phi) is 4.32. The maximum Gasteiger partial charge on any atom is 0.257 e. The van der Waals surface area contributed by atoms with Gasteiger partial charge in [0.2, 0.25) is 0 Å². The van der Waals surface area contributed by atoms with E-state index in [9.17, 15) is 9.18 Å². The molecular weight excluding hydrogens is 385 g/mol. The van der Waals surface area contributed by atoms with Crippen LogP contribution in [-0.4, -0.2) is 44.6 Å². The van der Waals surface area contributed by atoms with E-state index in [0.717, 1.165) is 30.6 Å². The Labute approximate surface area is 171 Å². The molecule has 1 saturated heterocycles. The Morgan fingerprint density at radius 3 is 2.97 bits per heavy atom. The molecule has 30 heavy (non-hydrogen) atoms. The van der Waals surface area contributed by atoms with Gasteiger partial charge in [0.25, 0.3) is 5.91 Å². The second-order valence-corrected chi connectivity index (χ2v) is 7.56. The Bertz CT molecular complexity index is 1290. The Hall–Kier alpha value is -3.59. The van der Waals surface area contributed by atoms with Gasteiger partial charge in [0.05, 0.1) is 23.1 Å². The average Bonchev–Trinajstić information content (AvgIpc) is 3.32. The summed E-state index contributed by atoms with van der Waals surface area (Å²) in [5.41, 5.74) is 9.13. The topological polar surface area (TPSA) is 101 Å². The highest BCUT2D eigenvalue weighted by Gasteiger charge is 2.23. The maximum atomic E-state index is 14.4. The molecule has 0 aliphatic carbocycles. The summed E-state index contributed by atoms with van der Waals surface area (Å²) in [7, 11) is 0. The zero-order valence-electron chi connectivity index (χ0n) is 16.3. The fraction of sp³-hybridized carbons (Fsp3) is 0.238. The maximum absolute atomic E-state index is 14.4. The first-order valence-electron chi connectivity index (χ1n) is 9.71. The number of aryl methyl sites for hydroxylation is 1. The molecule has 1 fully saturated rings. The van der Waals surface area contributed by atoms with Crippen LogP contribution >= 0.6 is 0 Å². The van der Waals surface area contributed by atoms with Crippen molar-refractivity contribution in [2.75, 3.05) is 23.3 Å². The van der Waals surface area contributed by atoms with E-state index in [1.54, 1.807) is 36.0 Å². The molecule has 0 unspecified atom stereocenters. The molecule has 5 rings (SSSR count). The number of imidazole rings is 1. The summed E-state index contributed by atoms with van der Waals surface area (Å²) in [5.74, 6) is -0.896. The molecule has 4 heterocycles. The third-order valence-corrected chi connectivity index (χ3v) is 5.35. The van der Waals surface area contributed by atoms with Gasteiger partial charge < -0.3 is 20.4 Å². The van der Waals surface area contributed by atoms with Crippen molar-refractivity contribution >= 4 is 33.8 Å². The number of hydrogen-bond acceptors (Lipinski definition) is 6. The number of halogens is 1. The number of fused-ring (bicyclic) bond motifs is 2. The summed E-state index contributed by atoms with van der Waals surface area (Å²) in [5, 5.41) is 11.8. The van der Waals surface area contributed by atoms with E-state index in [2.05, 4.69) is 25.4 Å². The molecule has 1 aliphatic heterocycles. The quantitative estimate of drug-likeness (QED) is 0.543. The van der Waals surface area contributed by atoms with Crippen molar-refractivity contribution in [3.63, 3.8) is 0 Å². The van der Waals surface area contributed by atoms with Gasteiger partial charge >= 0.3 is 0 Å². The van der Waals surface area contributed by atoms with E-state index in [1.165, 1.54) is 6.07 Å². The fourth-order valence-corrected chi connectivity index (χ4v) is 3.98. The van der Waals surface area contributed by atoms with E-state index in [0.29, 0.717) is 22.5 Å². The number of aromatic nitrogens is 4. The fourth-order valence-electron chi connectivity index (χ4n) is 3.98. The van der Waals surface area contributed by atoms with Gasteiger partial charge in [-0.3, -0.25) is 4.79 Å². The summed E-state index contributed by atoms with van der Waals surface area (Å²) in [6.07, 6.45) is 5.85. The lowest BCUT2D eigenvalue weighted by atomic mass is 10.1. The molecule has 152 valence electrons. The number of nitrogens with two attached hydrogens (primary N) is 1. The van der Waals surface area contributed by atoms with Crippen molar-refractivity contribution in [1.29, 1.82) is 0 Å². The largest absolute Gasteiger partial charge is 0.369 e. The Morgan fingerprint density at radius 2 is 2.17 bits per heavy atom. The molecule has 0 radical (unpaired) electrons. The standard InChI is InChI=1S/C21H20FN7O/c1-12-9-29-11-14(8-17(22)20(29)25-12)26-21(30)16-2-3-18(28-7-5-13(23)10-28)15-4-6-24-27-19(15)16/h2-4,6,8-9,11,13H,5,7,10,23H2,1H3,(H,26,30)/t13-/m0/s1. The number of amides is 1. The van der Waals surface area contributed by atoms with Crippen LogP contribution < -0.4 is 16.0 Å². The molecule has 3 N–H and O–H groups in total. The monoisotopic (exact) mass is 405 g/mol. The number of nitrogens with one attached hydrogen (secondary N) is 1. The number of nitrogens with zero attached hydrogens (tertiary/aromatic N) is 5. The summed E-state index contributed by atoms with van der Waals surface area (Å²) in [6, 6.07) is 6.86. The van der Waals surface area contributed by atoms with Crippen LogP contribution in [0.4, 0.5) is 15.8 Å². The van der Waals surface area contributed by atoms with Crippen molar-refractivity contribution in [3.05, 3.63) is 59.9 Å². The third kappa shape index (κ3) is 3.13. The molecule has 9 heteroatoms. The third-order valence-electron chi connectivity index (χ3n) is 5.35. The molecule has 1 aromatic carbocycles. The van der Waals surface area contributed by atoms with Crippen LogP contribution in [0.15, 0.2) is 42.9 Å².